The first-order valence-electron chi connectivity index (χ1n) is 10.9. The predicted molar refractivity (Wildman–Crippen MR) is 124 cm³/mol. The first kappa shape index (κ1) is 23.2. The number of carboxylic acids is 1. The van der Waals surface area contributed by atoms with Gasteiger partial charge in [-0.1, -0.05) is 36.4 Å². The van der Waals surface area contributed by atoms with E-state index in [0.29, 0.717) is 5.56 Å². The Balaban J connectivity index is 1.53. The molecule has 1 aromatic heterocycles. The van der Waals surface area contributed by atoms with Crippen LogP contribution in [0.3, 0.4) is 0 Å². The van der Waals surface area contributed by atoms with Gasteiger partial charge in [-0.05, 0) is 47.4 Å². The second kappa shape index (κ2) is 9.13. The predicted octanol–water partition coefficient (Wildman–Crippen LogP) is 4.46. The average Bonchev–Trinajstić information content (AvgIpc) is 2.80. The first-order valence-corrected chi connectivity index (χ1v) is 10.9. The summed E-state index contributed by atoms with van der Waals surface area (Å²) in [4.78, 5) is 37.7. The number of aromatic nitrogens is 1. The number of pyridine rings is 1. The molecule has 0 aliphatic carbocycles. The highest BCUT2D eigenvalue weighted by Crippen LogP contribution is 2.39. The molecule has 0 bridgehead atoms. The fourth-order valence-electron chi connectivity index (χ4n) is 4.35. The molecule has 8 heteroatoms. The van der Waals surface area contributed by atoms with Gasteiger partial charge in [-0.3, -0.25) is 9.59 Å². The van der Waals surface area contributed by atoms with Gasteiger partial charge in [0.15, 0.2) is 5.60 Å². The van der Waals surface area contributed by atoms with Gasteiger partial charge in [-0.25, -0.2) is 9.18 Å². The minimum atomic E-state index is -1.35. The van der Waals surface area contributed by atoms with E-state index in [-0.39, 0.29) is 24.6 Å². The number of benzene rings is 2. The summed E-state index contributed by atoms with van der Waals surface area (Å²) in [7, 11) is 1.70. The highest BCUT2D eigenvalue weighted by Gasteiger charge is 2.45. The Morgan fingerprint density at radius 1 is 1.06 bits per heavy atom. The molecule has 2 heterocycles. The molecule has 34 heavy (non-hydrogen) atoms. The highest BCUT2D eigenvalue weighted by molar-refractivity contribution is 5.73. The van der Waals surface area contributed by atoms with Crippen molar-refractivity contribution in [1.82, 2.24) is 9.47 Å². The number of hydrogen-bond acceptors (Lipinski definition) is 4. The Hall–Kier alpha value is -3.94. The highest BCUT2D eigenvalue weighted by atomic mass is 19.1. The lowest BCUT2D eigenvalue weighted by molar-refractivity contribution is -0.146. The van der Waals surface area contributed by atoms with Crippen molar-refractivity contribution >= 4 is 12.1 Å². The van der Waals surface area contributed by atoms with Gasteiger partial charge in [0, 0.05) is 32.3 Å². The number of halogens is 1. The van der Waals surface area contributed by atoms with Crippen molar-refractivity contribution in [3.05, 3.63) is 94.2 Å². The molecule has 0 saturated carbocycles. The summed E-state index contributed by atoms with van der Waals surface area (Å²) in [6.07, 6.45) is 1.00. The Labute approximate surface area is 196 Å². The SMILES string of the molecule is CC(c1ccc(-c2ccc(=O)n(C)c2)cc1)N1CC[C@](CC(=O)O)(c2ccc(F)cc2)OC1=O. The molecule has 1 aliphatic rings. The van der Waals surface area contributed by atoms with Crippen LogP contribution in [0.4, 0.5) is 9.18 Å². The second-order valence-electron chi connectivity index (χ2n) is 8.55. The van der Waals surface area contributed by atoms with Crippen LogP contribution >= 0.6 is 0 Å². The second-order valence-corrected chi connectivity index (χ2v) is 8.55. The van der Waals surface area contributed by atoms with Gasteiger partial charge >= 0.3 is 12.1 Å². The zero-order chi connectivity index (χ0) is 24.5. The van der Waals surface area contributed by atoms with Crippen LogP contribution < -0.4 is 5.56 Å². The van der Waals surface area contributed by atoms with Gasteiger partial charge in [0.05, 0.1) is 12.5 Å². The number of carbonyl (C=O) groups is 2. The number of amides is 1. The van der Waals surface area contributed by atoms with Crippen LogP contribution in [-0.4, -0.2) is 33.2 Å². The number of cyclic esters (lactones) is 1. The number of carbonyl (C=O) groups excluding carboxylic acids is 1. The van der Waals surface area contributed by atoms with E-state index in [9.17, 15) is 23.9 Å². The fourth-order valence-corrected chi connectivity index (χ4v) is 4.35. The summed E-state index contributed by atoms with van der Waals surface area (Å²) in [6, 6.07) is 16.0. The van der Waals surface area contributed by atoms with Crippen LogP contribution in [0.1, 0.15) is 36.9 Å². The van der Waals surface area contributed by atoms with Crippen LogP contribution in [0.25, 0.3) is 11.1 Å². The Morgan fingerprint density at radius 3 is 2.29 bits per heavy atom. The summed E-state index contributed by atoms with van der Waals surface area (Å²) in [5.74, 6) is -1.56. The molecular weight excluding hydrogens is 439 g/mol. The lowest BCUT2D eigenvalue weighted by atomic mass is 9.85. The van der Waals surface area contributed by atoms with Crippen LogP contribution in [0.15, 0.2) is 71.7 Å². The molecule has 7 nitrogen and oxygen atoms in total. The summed E-state index contributed by atoms with van der Waals surface area (Å²) in [5.41, 5.74) is 1.75. The summed E-state index contributed by atoms with van der Waals surface area (Å²) >= 11 is 0. The molecule has 1 N–H and O–H groups in total. The molecule has 176 valence electrons. The van der Waals surface area contributed by atoms with Gasteiger partial charge in [0.1, 0.15) is 5.82 Å². The summed E-state index contributed by atoms with van der Waals surface area (Å²) < 4.78 is 20.6. The lowest BCUT2D eigenvalue weighted by Gasteiger charge is -2.42. The van der Waals surface area contributed by atoms with Crippen molar-refractivity contribution in [1.29, 1.82) is 0 Å². The smallest absolute Gasteiger partial charge is 0.411 e. The van der Waals surface area contributed by atoms with E-state index in [1.807, 2.05) is 31.2 Å². The minimum Gasteiger partial charge on any atom is -0.481 e. The number of aliphatic carboxylic acids is 1. The van der Waals surface area contributed by atoms with Gasteiger partial charge in [-0.2, -0.15) is 0 Å². The maximum atomic E-state index is 13.4. The summed E-state index contributed by atoms with van der Waals surface area (Å²) in [5, 5.41) is 9.44. The molecule has 2 atom stereocenters. The van der Waals surface area contributed by atoms with Crippen molar-refractivity contribution < 1.29 is 23.8 Å². The van der Waals surface area contributed by atoms with E-state index in [0.717, 1.165) is 16.7 Å². The normalized spacial score (nSPS) is 18.9. The number of hydrogen-bond donors (Lipinski definition) is 1. The van der Waals surface area contributed by atoms with E-state index in [1.165, 1.54) is 34.9 Å². The van der Waals surface area contributed by atoms with Gasteiger partial charge < -0.3 is 19.3 Å². The van der Waals surface area contributed by atoms with E-state index >= 15 is 0 Å². The molecule has 1 unspecified atom stereocenters. The van der Waals surface area contributed by atoms with Crippen molar-refractivity contribution in [2.75, 3.05) is 6.54 Å². The quantitative estimate of drug-likeness (QED) is 0.582. The van der Waals surface area contributed by atoms with Gasteiger partial charge in [-0.15, -0.1) is 0 Å². The maximum Gasteiger partial charge on any atom is 0.411 e. The van der Waals surface area contributed by atoms with Crippen LogP contribution in [0.5, 0.6) is 0 Å². The number of ether oxygens (including phenoxy) is 1. The molecule has 1 fully saturated rings. The Morgan fingerprint density at radius 2 is 1.71 bits per heavy atom. The maximum absolute atomic E-state index is 13.4. The molecule has 1 amide bonds. The molecular formula is C26H25FN2O5. The van der Waals surface area contributed by atoms with E-state index in [4.69, 9.17) is 4.74 Å². The third-order valence-corrected chi connectivity index (χ3v) is 6.36. The zero-order valence-electron chi connectivity index (χ0n) is 18.9. The minimum absolute atomic E-state index is 0.0859. The van der Waals surface area contributed by atoms with Crippen LogP contribution in [-0.2, 0) is 22.2 Å². The number of aryl methyl sites for hydroxylation is 1. The lowest BCUT2D eigenvalue weighted by Crippen LogP contribution is -2.49. The van der Waals surface area contributed by atoms with E-state index in [2.05, 4.69) is 0 Å². The van der Waals surface area contributed by atoms with Crippen LogP contribution in [0.2, 0.25) is 0 Å². The van der Waals surface area contributed by atoms with E-state index < -0.39 is 29.9 Å². The number of rotatable bonds is 6. The third kappa shape index (κ3) is 4.57. The topological polar surface area (TPSA) is 88.8 Å². The molecule has 1 aliphatic heterocycles. The van der Waals surface area contributed by atoms with Crippen molar-refractivity contribution in [2.24, 2.45) is 7.05 Å². The molecule has 0 radical (unpaired) electrons. The van der Waals surface area contributed by atoms with Gasteiger partial charge in [0.2, 0.25) is 5.56 Å². The monoisotopic (exact) mass is 464 g/mol. The Kier molecular flexibility index (Phi) is 6.24. The van der Waals surface area contributed by atoms with Gasteiger partial charge in [0.25, 0.3) is 0 Å². The molecule has 3 aromatic rings. The van der Waals surface area contributed by atoms with Crippen molar-refractivity contribution in [3.8, 4) is 11.1 Å². The Bertz CT molecular complexity index is 1270. The number of carboxylic acid groups (broad SMARTS) is 1. The largest absolute Gasteiger partial charge is 0.481 e. The first-order chi connectivity index (χ1) is 16.2. The van der Waals surface area contributed by atoms with Crippen molar-refractivity contribution in [3.63, 3.8) is 0 Å². The molecule has 2 aromatic carbocycles. The molecule has 0 spiro atoms. The molecule has 4 rings (SSSR count). The standard InChI is InChI=1S/C26H25FN2O5/c1-17(18-3-5-19(6-4-18)20-7-12-23(30)28(2)16-20)29-14-13-26(15-24(31)32,34-25(29)33)21-8-10-22(27)11-9-21/h3-12,16-17H,13-15H2,1-2H3,(H,31,32)/t17?,26-/m0/s1. The zero-order valence-corrected chi connectivity index (χ0v) is 18.9. The number of nitrogens with zero attached hydrogens (tertiary/aromatic N) is 2. The third-order valence-electron chi connectivity index (χ3n) is 6.36. The van der Waals surface area contributed by atoms with Crippen molar-refractivity contribution in [2.45, 2.75) is 31.4 Å². The van der Waals surface area contributed by atoms with Crippen LogP contribution in [0, 0.1) is 5.82 Å². The summed E-state index contributed by atoms with van der Waals surface area (Å²) in [6.45, 7) is 2.16. The molecule has 1 saturated heterocycles. The fraction of sp³-hybridized carbons (Fsp3) is 0.269. The van der Waals surface area contributed by atoms with E-state index in [1.54, 1.807) is 24.2 Å². The average molecular weight is 464 g/mol.